The first-order chi connectivity index (χ1) is 9.86. The molecule has 1 N–H and O–H groups in total. The number of aliphatic hydroxyl groups excluding tert-OH is 1. The quantitative estimate of drug-likeness (QED) is 0.776. The van der Waals surface area contributed by atoms with Gasteiger partial charge in [-0.1, -0.05) is 24.3 Å². The van der Waals surface area contributed by atoms with Gasteiger partial charge in [-0.2, -0.15) is 5.10 Å². The highest BCUT2D eigenvalue weighted by Crippen LogP contribution is 2.28. The predicted octanol–water partition coefficient (Wildman–Crippen LogP) is 3.66. The van der Waals surface area contributed by atoms with Crippen molar-refractivity contribution >= 4 is 11.3 Å². The van der Waals surface area contributed by atoms with E-state index in [4.69, 9.17) is 5.11 Å². The van der Waals surface area contributed by atoms with Gasteiger partial charge in [-0.3, -0.25) is 4.68 Å². The molecule has 20 heavy (non-hydrogen) atoms. The monoisotopic (exact) mass is 284 g/mol. The molecule has 0 unspecified atom stereocenters. The number of nitrogens with zero attached hydrogens (tertiary/aromatic N) is 2. The molecule has 0 bridgehead atoms. The lowest BCUT2D eigenvalue weighted by atomic mass is 10.1. The van der Waals surface area contributed by atoms with Crippen molar-refractivity contribution in [2.45, 2.75) is 13.0 Å². The first-order valence-electron chi connectivity index (χ1n) is 6.65. The van der Waals surface area contributed by atoms with Crippen molar-refractivity contribution in [1.82, 2.24) is 9.78 Å². The summed E-state index contributed by atoms with van der Waals surface area (Å²) in [6.07, 6.45) is 2.69. The van der Waals surface area contributed by atoms with Gasteiger partial charge in [0.15, 0.2) is 0 Å². The molecule has 0 atom stereocenters. The van der Waals surface area contributed by atoms with E-state index in [-0.39, 0.29) is 6.61 Å². The number of aryl methyl sites for hydroxylation is 1. The second-order valence-electron chi connectivity index (χ2n) is 4.60. The van der Waals surface area contributed by atoms with E-state index in [1.165, 1.54) is 10.4 Å². The molecular weight excluding hydrogens is 268 g/mol. The van der Waals surface area contributed by atoms with E-state index in [0.717, 1.165) is 24.2 Å². The lowest BCUT2D eigenvalue weighted by Gasteiger charge is -2.02. The highest BCUT2D eigenvalue weighted by molar-refractivity contribution is 7.13. The van der Waals surface area contributed by atoms with Gasteiger partial charge in [-0.25, -0.2) is 0 Å². The van der Waals surface area contributed by atoms with E-state index < -0.39 is 0 Å². The van der Waals surface area contributed by atoms with Crippen LogP contribution in [0.2, 0.25) is 0 Å². The largest absolute Gasteiger partial charge is 0.396 e. The van der Waals surface area contributed by atoms with Crippen molar-refractivity contribution in [3.63, 3.8) is 0 Å². The summed E-state index contributed by atoms with van der Waals surface area (Å²) in [5.41, 5.74) is 3.32. The van der Waals surface area contributed by atoms with E-state index in [1.54, 1.807) is 11.3 Å². The molecule has 1 aromatic carbocycles. The molecule has 0 fully saturated rings. The molecule has 3 rings (SSSR count). The molecule has 3 nitrogen and oxygen atoms in total. The average molecular weight is 284 g/mol. The Kier molecular flexibility index (Phi) is 3.95. The van der Waals surface area contributed by atoms with E-state index in [1.807, 2.05) is 16.9 Å². The van der Waals surface area contributed by atoms with Crippen LogP contribution in [0, 0.1) is 0 Å². The van der Waals surface area contributed by atoms with Crippen LogP contribution in [0.4, 0.5) is 0 Å². The van der Waals surface area contributed by atoms with Crippen molar-refractivity contribution in [2.75, 3.05) is 6.61 Å². The summed E-state index contributed by atoms with van der Waals surface area (Å²) >= 11 is 1.74. The Hall–Kier alpha value is -1.91. The van der Waals surface area contributed by atoms with Gasteiger partial charge in [-0.15, -0.1) is 11.3 Å². The summed E-state index contributed by atoms with van der Waals surface area (Å²) in [7, 11) is 0. The molecule has 0 aliphatic heterocycles. The standard InChI is InChI=1S/C16H16N2OS/c19-10-3-8-18-9-7-15(17-18)13-4-1-5-14(12-13)16-6-2-11-20-16/h1-2,4-7,9,11-12,19H,3,8,10H2. The van der Waals surface area contributed by atoms with Crippen LogP contribution in [0.25, 0.3) is 21.7 Å². The first kappa shape index (κ1) is 13.1. The third-order valence-electron chi connectivity index (χ3n) is 3.15. The molecule has 0 saturated carbocycles. The Morgan fingerprint density at radius 2 is 2.00 bits per heavy atom. The zero-order chi connectivity index (χ0) is 13.8. The van der Waals surface area contributed by atoms with Crippen LogP contribution < -0.4 is 0 Å². The van der Waals surface area contributed by atoms with Gasteiger partial charge in [0.2, 0.25) is 0 Å². The van der Waals surface area contributed by atoms with Crippen LogP contribution in [0.5, 0.6) is 0 Å². The molecule has 0 saturated heterocycles. The fraction of sp³-hybridized carbons (Fsp3) is 0.188. The SMILES string of the molecule is OCCCn1ccc(-c2cccc(-c3cccs3)c2)n1. The summed E-state index contributed by atoms with van der Waals surface area (Å²) in [6, 6.07) is 14.7. The summed E-state index contributed by atoms with van der Waals surface area (Å²) in [6.45, 7) is 0.949. The smallest absolute Gasteiger partial charge is 0.0923 e. The Morgan fingerprint density at radius 1 is 1.10 bits per heavy atom. The van der Waals surface area contributed by atoms with Crippen LogP contribution in [-0.2, 0) is 6.54 Å². The molecule has 0 aliphatic rings. The molecule has 2 heterocycles. The number of benzene rings is 1. The Bertz CT molecular complexity index is 673. The van der Waals surface area contributed by atoms with Crippen molar-refractivity contribution in [3.8, 4) is 21.7 Å². The second-order valence-corrected chi connectivity index (χ2v) is 5.55. The minimum Gasteiger partial charge on any atom is -0.396 e. The van der Waals surface area contributed by atoms with Gasteiger partial charge in [0, 0.05) is 29.8 Å². The fourth-order valence-electron chi connectivity index (χ4n) is 2.15. The van der Waals surface area contributed by atoms with E-state index in [9.17, 15) is 0 Å². The number of thiophene rings is 1. The molecular formula is C16H16N2OS. The average Bonchev–Trinajstić information content (AvgIpc) is 3.17. The van der Waals surface area contributed by atoms with Crippen molar-refractivity contribution in [2.24, 2.45) is 0 Å². The normalized spacial score (nSPS) is 10.8. The lowest BCUT2D eigenvalue weighted by Crippen LogP contribution is -2.00. The maximum Gasteiger partial charge on any atom is 0.0923 e. The molecule has 0 radical (unpaired) electrons. The van der Waals surface area contributed by atoms with Gasteiger partial charge in [0.25, 0.3) is 0 Å². The van der Waals surface area contributed by atoms with Crippen molar-refractivity contribution < 1.29 is 5.11 Å². The third-order valence-corrected chi connectivity index (χ3v) is 4.07. The van der Waals surface area contributed by atoms with E-state index >= 15 is 0 Å². The van der Waals surface area contributed by atoms with Crippen LogP contribution in [-0.4, -0.2) is 21.5 Å². The van der Waals surface area contributed by atoms with Gasteiger partial charge in [-0.05, 0) is 35.6 Å². The number of rotatable bonds is 5. The van der Waals surface area contributed by atoms with Crippen LogP contribution in [0.3, 0.4) is 0 Å². The maximum absolute atomic E-state index is 8.85. The van der Waals surface area contributed by atoms with Crippen LogP contribution >= 0.6 is 11.3 Å². The molecule has 3 aromatic rings. The number of hydrogen-bond acceptors (Lipinski definition) is 3. The van der Waals surface area contributed by atoms with Gasteiger partial charge < -0.3 is 5.11 Å². The lowest BCUT2D eigenvalue weighted by molar-refractivity contribution is 0.277. The summed E-state index contributed by atoms with van der Waals surface area (Å²) in [5.74, 6) is 0. The van der Waals surface area contributed by atoms with Gasteiger partial charge in [0.05, 0.1) is 5.69 Å². The minimum atomic E-state index is 0.197. The molecule has 0 amide bonds. The number of aliphatic hydroxyl groups is 1. The third kappa shape index (κ3) is 2.81. The molecule has 0 spiro atoms. The zero-order valence-corrected chi connectivity index (χ0v) is 11.9. The van der Waals surface area contributed by atoms with Crippen molar-refractivity contribution in [1.29, 1.82) is 0 Å². The number of aromatic nitrogens is 2. The Labute approximate surface area is 122 Å². The van der Waals surface area contributed by atoms with Crippen LogP contribution in [0.1, 0.15) is 6.42 Å². The van der Waals surface area contributed by atoms with E-state index in [2.05, 4.69) is 46.9 Å². The fourth-order valence-corrected chi connectivity index (χ4v) is 2.87. The highest BCUT2D eigenvalue weighted by Gasteiger charge is 2.05. The molecule has 102 valence electrons. The summed E-state index contributed by atoms with van der Waals surface area (Å²) in [4.78, 5) is 1.27. The van der Waals surface area contributed by atoms with Gasteiger partial charge in [0.1, 0.15) is 0 Å². The minimum absolute atomic E-state index is 0.197. The summed E-state index contributed by atoms with van der Waals surface area (Å²) < 4.78 is 1.88. The van der Waals surface area contributed by atoms with E-state index in [0.29, 0.717) is 0 Å². The van der Waals surface area contributed by atoms with Crippen LogP contribution in [0.15, 0.2) is 54.0 Å². The van der Waals surface area contributed by atoms with Crippen molar-refractivity contribution in [3.05, 3.63) is 54.0 Å². The van der Waals surface area contributed by atoms with Gasteiger partial charge >= 0.3 is 0 Å². The molecule has 0 aliphatic carbocycles. The Balaban J connectivity index is 1.87. The highest BCUT2D eigenvalue weighted by atomic mass is 32.1. The molecule has 4 heteroatoms. The Morgan fingerprint density at radius 3 is 2.80 bits per heavy atom. The number of hydrogen-bond donors (Lipinski definition) is 1. The maximum atomic E-state index is 8.85. The summed E-state index contributed by atoms with van der Waals surface area (Å²) in [5, 5.41) is 15.5. The molecule has 2 aromatic heterocycles. The predicted molar refractivity (Wildman–Crippen MR) is 82.7 cm³/mol. The topological polar surface area (TPSA) is 38.0 Å². The second kappa shape index (κ2) is 6.03. The zero-order valence-electron chi connectivity index (χ0n) is 11.1. The first-order valence-corrected chi connectivity index (χ1v) is 7.53.